The molecular weight excluding hydrogens is 717 g/mol. The minimum absolute atomic E-state index is 0.372. The second kappa shape index (κ2) is 13.7. The highest BCUT2D eigenvalue weighted by molar-refractivity contribution is 6.10. The summed E-state index contributed by atoms with van der Waals surface area (Å²) in [5, 5.41) is 2.46. The van der Waals surface area contributed by atoms with Crippen LogP contribution in [0.25, 0.3) is 83.9 Å². The Balaban J connectivity index is 1.01. The lowest BCUT2D eigenvalue weighted by Crippen LogP contribution is -2.48. The lowest BCUT2D eigenvalue weighted by molar-refractivity contribution is -0.00518. The van der Waals surface area contributed by atoms with Gasteiger partial charge in [-0.25, -0.2) is 15.0 Å². The quantitative estimate of drug-likeness (QED) is 0.162. The van der Waals surface area contributed by atoms with Crippen LogP contribution in [0.5, 0.6) is 0 Å². The molecule has 0 N–H and O–H groups in total. The van der Waals surface area contributed by atoms with Crippen LogP contribution in [0, 0.1) is 17.8 Å². The fourth-order valence-electron chi connectivity index (χ4n) is 11.5. The number of nitrogens with zero attached hydrogens (tertiary/aromatic N) is 4. The highest BCUT2D eigenvalue weighted by Crippen LogP contribution is 2.60. The normalized spacial score (nSPS) is 20.7. The van der Waals surface area contributed by atoms with Gasteiger partial charge in [-0.05, 0) is 132 Å². The van der Waals surface area contributed by atoms with Crippen LogP contribution in [-0.2, 0) is 5.41 Å². The lowest BCUT2D eigenvalue weighted by atomic mass is 9.48. The summed E-state index contributed by atoms with van der Waals surface area (Å²) >= 11 is 0. The number of rotatable bonds is 7. The standard InChI is InChI=1S/C55H44N4/c1-4-12-39(13-5-1)43-29-44(40-14-6-2-7-15-40)31-45(30-43)54-57-52(41-16-8-3-9-17-41)56-53(58-54)42-20-25-49-48-18-10-11-19-50(48)59(51(49)32-42)47-23-21-46(22-24-47)55-33-36-26-37(34-55)28-38(27-36)35-55/h1-25,29-32,36-38H,26-28,33-35H2. The van der Waals surface area contributed by atoms with E-state index in [2.05, 4.69) is 162 Å². The fourth-order valence-corrected chi connectivity index (χ4v) is 11.5. The summed E-state index contributed by atoms with van der Waals surface area (Å²) in [7, 11) is 0. The molecule has 4 bridgehead atoms. The van der Waals surface area contributed by atoms with Crippen molar-refractivity contribution < 1.29 is 0 Å². The first kappa shape index (κ1) is 34.4. The molecule has 2 aromatic heterocycles. The Morgan fingerprint density at radius 1 is 0.373 bits per heavy atom. The third-order valence-electron chi connectivity index (χ3n) is 13.8. The molecule has 0 spiro atoms. The monoisotopic (exact) mass is 760 g/mol. The van der Waals surface area contributed by atoms with Gasteiger partial charge in [-0.1, -0.05) is 133 Å². The number of hydrogen-bond acceptors (Lipinski definition) is 3. The Morgan fingerprint density at radius 2 is 0.847 bits per heavy atom. The molecule has 2 heterocycles. The van der Waals surface area contributed by atoms with E-state index in [1.54, 1.807) is 5.56 Å². The molecule has 4 fully saturated rings. The molecule has 0 unspecified atom stereocenters. The van der Waals surface area contributed by atoms with Crippen LogP contribution in [0.1, 0.15) is 44.1 Å². The van der Waals surface area contributed by atoms with Crippen LogP contribution < -0.4 is 0 Å². The predicted octanol–water partition coefficient (Wildman–Crippen LogP) is 13.8. The number of fused-ring (bicyclic) bond motifs is 3. The van der Waals surface area contributed by atoms with Crippen LogP contribution in [-0.4, -0.2) is 19.5 Å². The summed E-state index contributed by atoms with van der Waals surface area (Å²) in [6, 6.07) is 63.3. The van der Waals surface area contributed by atoms with E-state index in [0.717, 1.165) is 62.2 Å². The molecule has 0 atom stereocenters. The second-order valence-corrected chi connectivity index (χ2v) is 17.5. The minimum atomic E-state index is 0.372. The van der Waals surface area contributed by atoms with Crippen molar-refractivity contribution in [2.45, 2.75) is 43.9 Å². The highest BCUT2D eigenvalue weighted by atomic mass is 15.0. The van der Waals surface area contributed by atoms with Gasteiger partial charge in [0.05, 0.1) is 11.0 Å². The SMILES string of the molecule is c1ccc(-c2cc(-c3ccccc3)cc(-c3nc(-c4ccccc4)nc(-c4ccc5c6ccccc6n(-c6ccc(C78CC9CC(CC(C9)C7)C8)cc6)c5c4)n3)c2)cc1. The van der Waals surface area contributed by atoms with Gasteiger partial charge in [-0.3, -0.25) is 0 Å². The van der Waals surface area contributed by atoms with Gasteiger partial charge >= 0.3 is 0 Å². The van der Waals surface area contributed by atoms with E-state index in [0.29, 0.717) is 22.9 Å². The van der Waals surface area contributed by atoms with Crippen LogP contribution in [0.2, 0.25) is 0 Å². The smallest absolute Gasteiger partial charge is 0.164 e. The van der Waals surface area contributed by atoms with E-state index in [9.17, 15) is 0 Å². The molecule has 4 aliphatic carbocycles. The first-order valence-corrected chi connectivity index (χ1v) is 21.3. The molecule has 13 rings (SSSR count). The zero-order valence-corrected chi connectivity index (χ0v) is 33.0. The van der Waals surface area contributed by atoms with Gasteiger partial charge in [-0.15, -0.1) is 0 Å². The van der Waals surface area contributed by atoms with E-state index in [1.807, 2.05) is 18.2 Å². The van der Waals surface area contributed by atoms with Crippen molar-refractivity contribution in [3.05, 3.63) is 181 Å². The Labute approximate surface area is 345 Å². The zero-order valence-electron chi connectivity index (χ0n) is 33.0. The number of benzene rings is 7. The summed E-state index contributed by atoms with van der Waals surface area (Å²) in [6.45, 7) is 0. The first-order chi connectivity index (χ1) is 29.1. The molecule has 0 aliphatic heterocycles. The van der Waals surface area contributed by atoms with Crippen molar-refractivity contribution in [1.82, 2.24) is 19.5 Å². The summed E-state index contributed by atoms with van der Waals surface area (Å²) in [5.41, 5.74) is 12.8. The van der Waals surface area contributed by atoms with Gasteiger partial charge in [0.2, 0.25) is 0 Å². The molecule has 7 aromatic carbocycles. The van der Waals surface area contributed by atoms with Crippen LogP contribution in [0.4, 0.5) is 0 Å². The molecule has 0 saturated heterocycles. The van der Waals surface area contributed by atoms with E-state index in [4.69, 9.17) is 15.0 Å². The number of para-hydroxylation sites is 1. The average Bonchev–Trinajstić information content (AvgIpc) is 3.63. The third kappa shape index (κ3) is 6.00. The third-order valence-corrected chi connectivity index (χ3v) is 13.8. The van der Waals surface area contributed by atoms with Gasteiger partial charge in [0, 0.05) is 33.2 Å². The summed E-state index contributed by atoms with van der Waals surface area (Å²) in [5.74, 6) is 4.72. The zero-order chi connectivity index (χ0) is 38.9. The summed E-state index contributed by atoms with van der Waals surface area (Å²) in [6.07, 6.45) is 8.52. The van der Waals surface area contributed by atoms with Gasteiger partial charge in [0.15, 0.2) is 17.5 Å². The van der Waals surface area contributed by atoms with Crippen molar-refractivity contribution in [1.29, 1.82) is 0 Å². The van der Waals surface area contributed by atoms with Gasteiger partial charge in [0.25, 0.3) is 0 Å². The molecule has 9 aromatic rings. The highest BCUT2D eigenvalue weighted by Gasteiger charge is 2.51. The second-order valence-electron chi connectivity index (χ2n) is 17.5. The van der Waals surface area contributed by atoms with E-state index < -0.39 is 0 Å². The lowest BCUT2D eigenvalue weighted by Gasteiger charge is -2.57. The van der Waals surface area contributed by atoms with Crippen molar-refractivity contribution in [3.63, 3.8) is 0 Å². The molecule has 59 heavy (non-hydrogen) atoms. The molecule has 4 nitrogen and oxygen atoms in total. The van der Waals surface area contributed by atoms with Crippen molar-refractivity contribution in [2.75, 3.05) is 0 Å². The molecule has 284 valence electrons. The Hall–Kier alpha value is -6.65. The Morgan fingerprint density at radius 3 is 1.44 bits per heavy atom. The van der Waals surface area contributed by atoms with Crippen molar-refractivity contribution >= 4 is 21.8 Å². The van der Waals surface area contributed by atoms with E-state index >= 15 is 0 Å². The summed E-state index contributed by atoms with van der Waals surface area (Å²) < 4.78 is 2.44. The maximum atomic E-state index is 5.30. The molecule has 0 radical (unpaired) electrons. The van der Waals surface area contributed by atoms with Crippen molar-refractivity contribution in [2.24, 2.45) is 17.8 Å². The van der Waals surface area contributed by atoms with E-state index in [1.165, 1.54) is 60.5 Å². The van der Waals surface area contributed by atoms with Crippen LogP contribution in [0.15, 0.2) is 176 Å². The van der Waals surface area contributed by atoms with Crippen molar-refractivity contribution in [3.8, 4) is 62.1 Å². The molecular formula is C55H44N4. The molecule has 4 saturated carbocycles. The average molecular weight is 761 g/mol. The molecule has 4 heteroatoms. The number of hydrogen-bond donors (Lipinski definition) is 0. The van der Waals surface area contributed by atoms with Crippen LogP contribution >= 0.6 is 0 Å². The Kier molecular flexibility index (Phi) is 8.01. The maximum Gasteiger partial charge on any atom is 0.164 e. The molecule has 4 aliphatic rings. The first-order valence-electron chi connectivity index (χ1n) is 21.3. The maximum absolute atomic E-state index is 5.30. The van der Waals surface area contributed by atoms with Gasteiger partial charge < -0.3 is 4.57 Å². The Bertz CT molecular complexity index is 2910. The van der Waals surface area contributed by atoms with Gasteiger partial charge in [-0.2, -0.15) is 0 Å². The summed E-state index contributed by atoms with van der Waals surface area (Å²) in [4.78, 5) is 15.7. The predicted molar refractivity (Wildman–Crippen MR) is 241 cm³/mol. The van der Waals surface area contributed by atoms with E-state index in [-0.39, 0.29) is 0 Å². The van der Waals surface area contributed by atoms with Crippen LogP contribution in [0.3, 0.4) is 0 Å². The minimum Gasteiger partial charge on any atom is -0.309 e. The largest absolute Gasteiger partial charge is 0.309 e. The fraction of sp³-hybridized carbons (Fsp3) is 0.182. The topological polar surface area (TPSA) is 43.6 Å². The van der Waals surface area contributed by atoms with Gasteiger partial charge in [0.1, 0.15) is 0 Å². The molecule has 0 amide bonds. The number of aromatic nitrogens is 4.